The largest absolute Gasteiger partial charge is 0.416 e. The van der Waals surface area contributed by atoms with E-state index in [1.807, 2.05) is 0 Å². The summed E-state index contributed by atoms with van der Waals surface area (Å²) < 4.78 is 63.9. The van der Waals surface area contributed by atoms with E-state index in [1.54, 1.807) is 31.2 Å². The Bertz CT molecular complexity index is 959. The van der Waals surface area contributed by atoms with Gasteiger partial charge in [-0.2, -0.15) is 13.2 Å². The van der Waals surface area contributed by atoms with Crippen molar-refractivity contribution in [1.29, 1.82) is 0 Å². The van der Waals surface area contributed by atoms with Crippen molar-refractivity contribution in [2.24, 2.45) is 0 Å². The molecule has 0 aliphatic heterocycles. The maximum absolute atomic E-state index is 12.9. The molecule has 0 unspecified atom stereocenters. The minimum absolute atomic E-state index is 0.268. The zero-order valence-corrected chi connectivity index (χ0v) is 16.4. The van der Waals surface area contributed by atoms with Gasteiger partial charge in [-0.25, -0.2) is 8.42 Å². The second-order valence-corrected chi connectivity index (χ2v) is 8.38. The van der Waals surface area contributed by atoms with Crippen LogP contribution in [-0.2, 0) is 21.0 Å². The van der Waals surface area contributed by atoms with Gasteiger partial charge >= 0.3 is 6.18 Å². The molecule has 2 aromatic rings. The highest BCUT2D eigenvalue weighted by Gasteiger charge is 2.31. The van der Waals surface area contributed by atoms with E-state index in [4.69, 9.17) is 0 Å². The average molecular weight is 414 g/mol. The first-order valence-electron chi connectivity index (χ1n) is 8.39. The van der Waals surface area contributed by atoms with Crippen molar-refractivity contribution in [3.63, 3.8) is 0 Å². The molecule has 0 bridgehead atoms. The highest BCUT2D eigenvalue weighted by Crippen LogP contribution is 2.30. The normalized spacial score (nSPS) is 13.1. The Labute approximate surface area is 162 Å². The first-order valence-corrected chi connectivity index (χ1v) is 10.2. The molecule has 2 aromatic carbocycles. The summed E-state index contributed by atoms with van der Waals surface area (Å²) in [6.07, 6.45) is -3.50. The molecule has 152 valence electrons. The number of nitrogens with one attached hydrogen (secondary N) is 1. The lowest BCUT2D eigenvalue weighted by Crippen LogP contribution is -2.41. The number of carbonyl (C=O) groups is 1. The quantitative estimate of drug-likeness (QED) is 0.785. The lowest BCUT2D eigenvalue weighted by Gasteiger charge is -2.24. The second-order valence-electron chi connectivity index (χ2n) is 6.47. The number of para-hydroxylation sites is 1. The van der Waals surface area contributed by atoms with Crippen LogP contribution in [0.15, 0.2) is 48.5 Å². The van der Waals surface area contributed by atoms with Gasteiger partial charge in [-0.05, 0) is 43.2 Å². The average Bonchev–Trinajstić information content (AvgIpc) is 2.59. The summed E-state index contributed by atoms with van der Waals surface area (Å²) in [5.41, 5.74) is 0.493. The van der Waals surface area contributed by atoms with Crippen LogP contribution < -0.4 is 9.62 Å². The zero-order chi connectivity index (χ0) is 21.1. The fourth-order valence-electron chi connectivity index (χ4n) is 2.71. The maximum Gasteiger partial charge on any atom is 0.416 e. The number of halogens is 3. The first kappa shape index (κ1) is 21.7. The first-order chi connectivity index (χ1) is 12.9. The number of hydrogen-bond donors (Lipinski definition) is 1. The fourth-order valence-corrected chi connectivity index (χ4v) is 3.62. The summed E-state index contributed by atoms with van der Waals surface area (Å²) in [4.78, 5) is 12.4. The summed E-state index contributed by atoms with van der Waals surface area (Å²) in [5.74, 6) is -0.626. The van der Waals surface area contributed by atoms with E-state index < -0.39 is 40.3 Å². The Hall–Kier alpha value is -2.55. The van der Waals surface area contributed by atoms with Crippen molar-refractivity contribution < 1.29 is 26.4 Å². The molecular formula is C19H21F3N2O3S. The molecule has 0 heterocycles. The summed E-state index contributed by atoms with van der Waals surface area (Å²) >= 11 is 0. The molecule has 1 atom stereocenters. The standard InChI is InChI=1S/C19H21F3N2O3S/c1-13-7-4-5-10-17(13)24(28(3,26)27)12-18(25)23-14(2)15-8-6-9-16(11-15)19(20,21)22/h4-11,14H,12H2,1-3H3,(H,23,25)/t14-/m1/s1. The van der Waals surface area contributed by atoms with Crippen molar-refractivity contribution in [3.05, 3.63) is 65.2 Å². The molecule has 0 aliphatic rings. The van der Waals surface area contributed by atoms with E-state index in [0.29, 0.717) is 11.3 Å². The Morgan fingerprint density at radius 2 is 1.79 bits per heavy atom. The molecular weight excluding hydrogens is 393 g/mol. The van der Waals surface area contributed by atoms with Crippen LogP contribution in [0.2, 0.25) is 0 Å². The van der Waals surface area contributed by atoms with E-state index in [9.17, 15) is 26.4 Å². The van der Waals surface area contributed by atoms with E-state index in [2.05, 4.69) is 5.32 Å². The smallest absolute Gasteiger partial charge is 0.348 e. The van der Waals surface area contributed by atoms with Crippen LogP contribution >= 0.6 is 0 Å². The zero-order valence-electron chi connectivity index (χ0n) is 15.6. The number of amides is 1. The van der Waals surface area contributed by atoms with Gasteiger partial charge in [0.25, 0.3) is 0 Å². The van der Waals surface area contributed by atoms with Gasteiger partial charge in [0.1, 0.15) is 6.54 Å². The van der Waals surface area contributed by atoms with Gasteiger partial charge in [-0.1, -0.05) is 30.3 Å². The predicted molar refractivity (Wildman–Crippen MR) is 101 cm³/mol. The number of hydrogen-bond acceptors (Lipinski definition) is 3. The number of sulfonamides is 1. The van der Waals surface area contributed by atoms with Crippen LogP contribution in [-0.4, -0.2) is 27.1 Å². The molecule has 0 spiro atoms. The highest BCUT2D eigenvalue weighted by atomic mass is 32.2. The predicted octanol–water partition coefficient (Wildman–Crippen LogP) is 3.66. The van der Waals surface area contributed by atoms with Crippen molar-refractivity contribution in [2.75, 3.05) is 17.1 Å². The van der Waals surface area contributed by atoms with Crippen molar-refractivity contribution in [1.82, 2.24) is 5.32 Å². The third-order valence-electron chi connectivity index (χ3n) is 4.16. The molecule has 0 fully saturated rings. The van der Waals surface area contributed by atoms with Crippen molar-refractivity contribution in [2.45, 2.75) is 26.1 Å². The van der Waals surface area contributed by atoms with E-state index in [1.165, 1.54) is 19.1 Å². The van der Waals surface area contributed by atoms with Crippen molar-refractivity contribution >= 4 is 21.6 Å². The second kappa shape index (κ2) is 8.22. The number of alkyl halides is 3. The molecule has 5 nitrogen and oxygen atoms in total. The van der Waals surface area contributed by atoms with Gasteiger partial charge in [-0.3, -0.25) is 9.10 Å². The van der Waals surface area contributed by atoms with Crippen LogP contribution in [0.4, 0.5) is 18.9 Å². The lowest BCUT2D eigenvalue weighted by atomic mass is 10.0. The van der Waals surface area contributed by atoms with Crippen LogP contribution in [0.5, 0.6) is 0 Å². The van der Waals surface area contributed by atoms with E-state index in [0.717, 1.165) is 22.7 Å². The number of aryl methyl sites for hydroxylation is 1. The van der Waals surface area contributed by atoms with Gasteiger partial charge in [0, 0.05) is 0 Å². The summed E-state index contributed by atoms with van der Waals surface area (Å²) in [6.45, 7) is 2.77. The third kappa shape index (κ3) is 5.48. The van der Waals surface area contributed by atoms with E-state index >= 15 is 0 Å². The van der Waals surface area contributed by atoms with Crippen LogP contribution in [0.1, 0.15) is 29.7 Å². The highest BCUT2D eigenvalue weighted by molar-refractivity contribution is 7.92. The van der Waals surface area contributed by atoms with Crippen molar-refractivity contribution in [3.8, 4) is 0 Å². The molecule has 2 rings (SSSR count). The molecule has 28 heavy (non-hydrogen) atoms. The van der Waals surface area contributed by atoms with E-state index in [-0.39, 0.29) is 5.56 Å². The molecule has 0 aromatic heterocycles. The summed E-state index contributed by atoms with van der Waals surface area (Å²) in [5, 5.41) is 2.55. The SMILES string of the molecule is Cc1ccccc1N(CC(=O)N[C@H](C)c1cccc(C(F)(F)F)c1)S(C)(=O)=O. The van der Waals surface area contributed by atoms with Crippen LogP contribution in [0, 0.1) is 6.92 Å². The molecule has 1 N–H and O–H groups in total. The molecule has 9 heteroatoms. The van der Waals surface area contributed by atoms with Gasteiger partial charge in [0.2, 0.25) is 15.9 Å². The molecule has 0 aliphatic carbocycles. The fraction of sp³-hybridized carbons (Fsp3) is 0.316. The number of anilines is 1. The molecule has 0 saturated heterocycles. The molecule has 0 saturated carbocycles. The minimum atomic E-state index is -4.49. The maximum atomic E-state index is 12.9. The molecule has 0 radical (unpaired) electrons. The van der Waals surface area contributed by atoms with Gasteiger partial charge in [0.05, 0.1) is 23.5 Å². The number of benzene rings is 2. The number of carbonyl (C=O) groups excluding carboxylic acids is 1. The topological polar surface area (TPSA) is 66.5 Å². The Morgan fingerprint density at radius 3 is 2.36 bits per heavy atom. The minimum Gasteiger partial charge on any atom is -0.348 e. The monoisotopic (exact) mass is 414 g/mol. The Balaban J connectivity index is 2.18. The number of rotatable bonds is 6. The van der Waals surface area contributed by atoms with Gasteiger partial charge < -0.3 is 5.32 Å². The van der Waals surface area contributed by atoms with Crippen LogP contribution in [0.3, 0.4) is 0 Å². The Morgan fingerprint density at radius 1 is 1.14 bits per heavy atom. The lowest BCUT2D eigenvalue weighted by molar-refractivity contribution is -0.137. The summed E-state index contributed by atoms with van der Waals surface area (Å²) in [6, 6.07) is 10.6. The number of nitrogens with zero attached hydrogens (tertiary/aromatic N) is 1. The molecule has 1 amide bonds. The third-order valence-corrected chi connectivity index (χ3v) is 5.29. The van der Waals surface area contributed by atoms with Gasteiger partial charge in [0.15, 0.2) is 0 Å². The summed E-state index contributed by atoms with van der Waals surface area (Å²) in [7, 11) is -3.74. The Kier molecular flexibility index (Phi) is 6.38. The van der Waals surface area contributed by atoms with Crippen LogP contribution in [0.25, 0.3) is 0 Å². The van der Waals surface area contributed by atoms with Gasteiger partial charge in [-0.15, -0.1) is 0 Å².